The highest BCUT2D eigenvalue weighted by Gasteiger charge is 2.28. The molecule has 0 spiro atoms. The number of hydrogen-bond donors (Lipinski definition) is 3. The van der Waals surface area contributed by atoms with E-state index in [1.807, 2.05) is 5.48 Å². The van der Waals surface area contributed by atoms with Crippen LogP contribution in [0.5, 0.6) is 5.88 Å². The van der Waals surface area contributed by atoms with Gasteiger partial charge >= 0.3 is 0 Å². The first-order valence-corrected chi connectivity index (χ1v) is 7.97. The number of carbonyl (C=O) groups is 1. The number of Topliss-reactive ketones (excluding diaryl/α,β-unsaturated/α-hetero) is 1. The number of fused-ring (bicyclic) bond motifs is 1. The van der Waals surface area contributed by atoms with Crippen LogP contribution in [0.15, 0.2) is 27.8 Å². The Labute approximate surface area is 147 Å². The molecule has 0 saturated heterocycles. The van der Waals surface area contributed by atoms with Crippen LogP contribution in [-0.2, 0) is 11.2 Å². The van der Waals surface area contributed by atoms with Crippen molar-refractivity contribution in [1.82, 2.24) is 15.8 Å². The van der Waals surface area contributed by atoms with Crippen molar-refractivity contribution in [3.63, 3.8) is 0 Å². The first-order valence-electron chi connectivity index (χ1n) is 7.97. The van der Waals surface area contributed by atoms with Gasteiger partial charge in [-0.05, 0) is 46.4 Å². The maximum atomic E-state index is 13.4. The van der Waals surface area contributed by atoms with Crippen molar-refractivity contribution in [2.45, 2.75) is 25.3 Å². The molecule has 3 rings (SSSR count). The number of aliphatic imine (C=N–C) groups is 1. The van der Waals surface area contributed by atoms with Gasteiger partial charge in [0.1, 0.15) is 12.4 Å². The van der Waals surface area contributed by atoms with E-state index in [1.165, 1.54) is 12.1 Å². The van der Waals surface area contributed by atoms with Gasteiger partial charge in [-0.1, -0.05) is 6.07 Å². The number of ketones is 1. The average molecular weight is 364 g/mol. The van der Waals surface area contributed by atoms with Gasteiger partial charge in [0.25, 0.3) is 5.88 Å². The Hall–Kier alpha value is -2.85. The lowest BCUT2D eigenvalue weighted by Crippen LogP contribution is -2.25. The summed E-state index contributed by atoms with van der Waals surface area (Å²) in [6.45, 7) is -0.366. The molecule has 0 amide bonds. The van der Waals surface area contributed by atoms with Crippen molar-refractivity contribution in [3.05, 3.63) is 40.8 Å². The van der Waals surface area contributed by atoms with Crippen molar-refractivity contribution >= 4 is 11.6 Å². The molecule has 0 aliphatic heterocycles. The van der Waals surface area contributed by atoms with E-state index >= 15 is 0 Å². The zero-order valence-corrected chi connectivity index (χ0v) is 13.7. The second-order valence-corrected chi connectivity index (χ2v) is 5.72. The maximum absolute atomic E-state index is 13.4. The number of hydrogen-bond acceptors (Lipinski definition) is 8. The van der Waals surface area contributed by atoms with E-state index in [0.717, 1.165) is 11.1 Å². The van der Waals surface area contributed by atoms with Crippen LogP contribution in [-0.4, -0.2) is 45.5 Å². The molecule has 0 unspecified atom stereocenters. The minimum atomic E-state index is -0.508. The highest BCUT2D eigenvalue weighted by Crippen LogP contribution is 2.37. The molecular formula is C16H17FN4O5. The predicted octanol–water partition coefficient (Wildman–Crippen LogP) is 0.952. The van der Waals surface area contributed by atoms with Crippen molar-refractivity contribution in [2.24, 2.45) is 4.99 Å². The first-order chi connectivity index (χ1) is 12.6. The van der Waals surface area contributed by atoms with Crippen LogP contribution in [0.25, 0.3) is 0 Å². The molecule has 26 heavy (non-hydrogen) atoms. The smallest absolute Gasteiger partial charge is 0.287 e. The summed E-state index contributed by atoms with van der Waals surface area (Å²) in [5, 5.41) is 25.3. The van der Waals surface area contributed by atoms with E-state index in [9.17, 15) is 14.4 Å². The molecule has 1 aromatic carbocycles. The first kappa shape index (κ1) is 18.0. The third kappa shape index (κ3) is 3.86. The van der Waals surface area contributed by atoms with Crippen LogP contribution in [0.2, 0.25) is 0 Å². The largest absolute Gasteiger partial charge is 0.474 e. The number of aromatic nitrogens is 2. The quantitative estimate of drug-likeness (QED) is 0.273. The number of rotatable bonds is 8. The Morgan fingerprint density at radius 1 is 1.46 bits per heavy atom. The van der Waals surface area contributed by atoms with E-state index in [1.54, 1.807) is 6.07 Å². The number of aliphatic hydroxyl groups excluding tert-OH is 1. The number of hydroxylamine groups is 1. The maximum Gasteiger partial charge on any atom is 0.287 e. The number of aliphatic hydroxyl groups is 1. The van der Waals surface area contributed by atoms with Gasteiger partial charge in [-0.3, -0.25) is 20.5 Å². The Balaban J connectivity index is 1.68. The third-order valence-electron chi connectivity index (χ3n) is 3.97. The fourth-order valence-electron chi connectivity index (χ4n) is 2.60. The summed E-state index contributed by atoms with van der Waals surface area (Å²) in [6, 6.07) is 4.15. The van der Waals surface area contributed by atoms with Crippen LogP contribution in [0.4, 0.5) is 4.39 Å². The van der Waals surface area contributed by atoms with Crippen molar-refractivity contribution in [1.29, 1.82) is 0 Å². The van der Waals surface area contributed by atoms with Crippen LogP contribution in [0.3, 0.4) is 0 Å². The predicted molar refractivity (Wildman–Crippen MR) is 85.4 cm³/mol. The monoisotopic (exact) mass is 364 g/mol. The van der Waals surface area contributed by atoms with E-state index in [4.69, 9.17) is 9.84 Å². The number of nitrogens with zero attached hydrogens (tertiary/aromatic N) is 3. The molecule has 1 aliphatic carbocycles. The van der Waals surface area contributed by atoms with Gasteiger partial charge in [0, 0.05) is 6.42 Å². The molecule has 2 aromatic rings. The van der Waals surface area contributed by atoms with Crippen molar-refractivity contribution in [3.8, 4) is 5.88 Å². The van der Waals surface area contributed by atoms with Crippen LogP contribution < -0.4 is 10.2 Å². The normalized spacial score (nSPS) is 16.0. The molecule has 1 aromatic heterocycles. The summed E-state index contributed by atoms with van der Waals surface area (Å²) in [5.41, 5.74) is 3.72. The van der Waals surface area contributed by atoms with Gasteiger partial charge in [-0.2, -0.15) is 0 Å². The number of amidine groups is 1. The molecule has 0 fully saturated rings. The lowest BCUT2D eigenvalue weighted by atomic mass is 9.83. The minimum Gasteiger partial charge on any atom is -0.474 e. The lowest BCUT2D eigenvalue weighted by molar-refractivity contribution is -0.121. The Morgan fingerprint density at radius 2 is 2.31 bits per heavy atom. The van der Waals surface area contributed by atoms with Crippen LogP contribution in [0.1, 0.15) is 35.7 Å². The molecule has 0 bridgehead atoms. The molecule has 1 atom stereocenters. The highest BCUT2D eigenvalue weighted by atomic mass is 19.1. The van der Waals surface area contributed by atoms with Gasteiger partial charge in [0.15, 0.2) is 11.6 Å². The minimum absolute atomic E-state index is 0.000497. The highest BCUT2D eigenvalue weighted by molar-refractivity contribution is 5.98. The van der Waals surface area contributed by atoms with Gasteiger partial charge in [0.2, 0.25) is 5.69 Å². The van der Waals surface area contributed by atoms with E-state index in [2.05, 4.69) is 19.9 Å². The summed E-state index contributed by atoms with van der Waals surface area (Å²) < 4.78 is 23.4. The summed E-state index contributed by atoms with van der Waals surface area (Å²) >= 11 is 0. The lowest BCUT2D eigenvalue weighted by Gasteiger charge is -2.27. The van der Waals surface area contributed by atoms with E-state index < -0.39 is 6.61 Å². The molecule has 0 radical (unpaired) electrons. The summed E-state index contributed by atoms with van der Waals surface area (Å²) in [4.78, 5) is 15.4. The fraction of sp³-hybridized carbons (Fsp3) is 0.375. The summed E-state index contributed by atoms with van der Waals surface area (Å²) in [6.07, 6.45) is 1.15. The topological polar surface area (TPSA) is 130 Å². The molecule has 138 valence electrons. The van der Waals surface area contributed by atoms with Gasteiger partial charge in [0.05, 0.1) is 12.6 Å². The Kier molecular flexibility index (Phi) is 5.54. The third-order valence-corrected chi connectivity index (χ3v) is 3.97. The van der Waals surface area contributed by atoms with Crippen LogP contribution >= 0.6 is 0 Å². The number of carbonyl (C=O) groups excluding carboxylic acids is 1. The number of halogens is 1. The average Bonchev–Trinajstić information content (AvgIpc) is 3.09. The molecular weight excluding hydrogens is 347 g/mol. The SMILES string of the molecule is O=C(CO)CCCOc1nonc1C(=N[C@H]1Cc2ccc(F)cc21)NO. The molecule has 0 saturated carbocycles. The fourth-order valence-corrected chi connectivity index (χ4v) is 2.60. The molecule has 9 nitrogen and oxygen atoms in total. The Bertz CT molecular complexity index is 823. The van der Waals surface area contributed by atoms with E-state index in [0.29, 0.717) is 12.8 Å². The number of nitrogens with one attached hydrogen (secondary N) is 1. The second-order valence-electron chi connectivity index (χ2n) is 5.72. The van der Waals surface area contributed by atoms with E-state index in [-0.39, 0.29) is 48.1 Å². The Morgan fingerprint density at radius 3 is 3.08 bits per heavy atom. The van der Waals surface area contributed by atoms with Crippen LogP contribution in [0, 0.1) is 5.82 Å². The van der Waals surface area contributed by atoms with Gasteiger partial charge in [-0.15, -0.1) is 0 Å². The summed E-state index contributed by atoms with van der Waals surface area (Å²) in [7, 11) is 0. The number of ether oxygens (including phenoxy) is 1. The molecule has 1 aliphatic rings. The van der Waals surface area contributed by atoms with Gasteiger partial charge < -0.3 is 9.84 Å². The number of benzene rings is 1. The van der Waals surface area contributed by atoms with Crippen molar-refractivity contribution < 1.29 is 28.9 Å². The van der Waals surface area contributed by atoms with Gasteiger partial charge in [-0.25, -0.2) is 9.02 Å². The standard InChI is InChI=1S/C16H17FN4O5/c17-10-4-3-9-6-13(12(9)7-10)18-15(19-24)14-16(21-26-20-14)25-5-1-2-11(23)8-22/h3-4,7,13,22,24H,1-2,5-6,8H2,(H,18,19)/t13-/m0/s1. The summed E-state index contributed by atoms with van der Waals surface area (Å²) in [5.74, 6) is -0.665. The zero-order valence-electron chi connectivity index (χ0n) is 13.7. The van der Waals surface area contributed by atoms with Crippen molar-refractivity contribution in [2.75, 3.05) is 13.2 Å². The molecule has 10 heteroatoms. The second kappa shape index (κ2) is 8.02. The molecule has 1 heterocycles. The molecule has 3 N–H and O–H groups in total. The zero-order chi connectivity index (χ0) is 18.5.